The van der Waals surface area contributed by atoms with Crippen molar-refractivity contribution in [2.75, 3.05) is 38.7 Å². The second-order valence-corrected chi connectivity index (χ2v) is 12.3. The molecule has 3 aliphatic heterocycles. The number of rotatable bonds is 6. The van der Waals surface area contributed by atoms with Gasteiger partial charge in [0.25, 0.3) is 0 Å². The number of hydrogen-bond donors (Lipinski definition) is 2. The molecule has 208 valence electrons. The van der Waals surface area contributed by atoms with E-state index < -0.39 is 5.41 Å². The van der Waals surface area contributed by atoms with Gasteiger partial charge in [0.15, 0.2) is 0 Å². The number of nitrogens with zero attached hydrogens (tertiary/aromatic N) is 2. The van der Waals surface area contributed by atoms with Gasteiger partial charge in [0.2, 0.25) is 5.91 Å². The molecule has 1 aromatic heterocycles. The van der Waals surface area contributed by atoms with E-state index in [9.17, 15) is 4.79 Å². The number of ether oxygens (including phenoxy) is 2. The van der Waals surface area contributed by atoms with Crippen LogP contribution < -0.4 is 10.1 Å². The summed E-state index contributed by atoms with van der Waals surface area (Å²) in [5, 5.41) is 11.9. The lowest BCUT2D eigenvalue weighted by atomic mass is 9.73. The molecule has 2 saturated heterocycles. The van der Waals surface area contributed by atoms with Crippen molar-refractivity contribution in [1.29, 1.82) is 0 Å². The fourth-order valence-electron chi connectivity index (χ4n) is 7.40. The van der Waals surface area contributed by atoms with E-state index in [2.05, 4.69) is 75.0 Å². The molecule has 2 unspecified atom stereocenters. The first-order valence-electron chi connectivity index (χ1n) is 14.6. The summed E-state index contributed by atoms with van der Waals surface area (Å²) < 4.78 is 11.0. The number of anilines is 1. The maximum Gasteiger partial charge on any atom is 0.235 e. The molecule has 8 rings (SSSR count). The molecule has 0 radical (unpaired) electrons. The Morgan fingerprint density at radius 1 is 1.05 bits per heavy atom. The number of amides is 1. The normalized spacial score (nSPS) is 24.6. The molecule has 0 bridgehead atoms. The Bertz CT molecular complexity index is 1680. The summed E-state index contributed by atoms with van der Waals surface area (Å²) in [6.45, 7) is 5.26. The lowest BCUT2D eigenvalue weighted by Gasteiger charge is -2.52. The van der Waals surface area contributed by atoms with E-state index in [4.69, 9.17) is 9.47 Å². The number of benzene rings is 3. The second kappa shape index (κ2) is 9.29. The molecule has 1 saturated carbocycles. The molecular weight excluding hydrogens is 512 g/mol. The Morgan fingerprint density at radius 3 is 2.68 bits per heavy atom. The maximum absolute atomic E-state index is 13.1. The van der Waals surface area contributed by atoms with Crippen LogP contribution in [0.1, 0.15) is 53.1 Å². The third kappa shape index (κ3) is 4.10. The van der Waals surface area contributed by atoms with Gasteiger partial charge in [-0.2, -0.15) is 5.10 Å². The molecule has 2 N–H and O–H groups in total. The smallest absolute Gasteiger partial charge is 0.235 e. The summed E-state index contributed by atoms with van der Waals surface area (Å²) in [6.07, 6.45) is 7.41. The van der Waals surface area contributed by atoms with Crippen molar-refractivity contribution in [1.82, 2.24) is 15.1 Å². The van der Waals surface area contributed by atoms with Gasteiger partial charge in [-0.3, -0.25) is 14.8 Å². The number of H-pyrrole nitrogens is 1. The highest BCUT2D eigenvalue weighted by Crippen LogP contribution is 2.65. The van der Waals surface area contributed by atoms with Gasteiger partial charge in [-0.15, -0.1) is 0 Å². The topological polar surface area (TPSA) is 79.5 Å². The summed E-state index contributed by atoms with van der Waals surface area (Å²) >= 11 is 0. The van der Waals surface area contributed by atoms with Gasteiger partial charge in [0.1, 0.15) is 5.75 Å². The minimum atomic E-state index is -0.506. The van der Waals surface area contributed by atoms with Crippen LogP contribution in [0.3, 0.4) is 0 Å². The molecule has 2 spiro atoms. The highest BCUT2D eigenvalue weighted by Gasteiger charge is 2.65. The molecule has 41 heavy (non-hydrogen) atoms. The van der Waals surface area contributed by atoms with Gasteiger partial charge in [-0.1, -0.05) is 42.5 Å². The van der Waals surface area contributed by atoms with Gasteiger partial charge in [0.05, 0.1) is 23.7 Å². The molecule has 3 fully saturated rings. The van der Waals surface area contributed by atoms with Crippen LogP contribution in [0.25, 0.3) is 23.1 Å². The summed E-state index contributed by atoms with van der Waals surface area (Å²) in [5.41, 5.74) is 7.52. The van der Waals surface area contributed by atoms with Crippen LogP contribution >= 0.6 is 0 Å². The average Bonchev–Trinajstić information content (AvgIpc) is 3.53. The molecule has 4 aliphatic rings. The monoisotopic (exact) mass is 546 g/mol. The van der Waals surface area contributed by atoms with Crippen LogP contribution in [0.4, 0.5) is 5.69 Å². The molecule has 7 heteroatoms. The minimum absolute atomic E-state index is 0.0817. The number of likely N-dealkylation sites (tertiary alicyclic amines) is 1. The van der Waals surface area contributed by atoms with E-state index >= 15 is 0 Å². The van der Waals surface area contributed by atoms with E-state index in [0.29, 0.717) is 5.41 Å². The van der Waals surface area contributed by atoms with Crippen molar-refractivity contribution >= 4 is 34.6 Å². The molecule has 7 nitrogen and oxygen atoms in total. The molecular formula is C34H34N4O3. The quantitative estimate of drug-likeness (QED) is 0.323. The first-order valence-corrected chi connectivity index (χ1v) is 14.6. The molecule has 4 heterocycles. The zero-order chi connectivity index (χ0) is 27.6. The first kappa shape index (κ1) is 24.8. The van der Waals surface area contributed by atoms with Crippen molar-refractivity contribution in [3.63, 3.8) is 0 Å². The number of fused-ring (bicyclic) bond motifs is 3. The molecule has 4 aromatic rings. The SMILES string of the molecule is COc1ccc2c(c1)C1(CC1c1ccc3c(/C=C/c4ccc(CN5CC6(CCOCC6)C5)cc4)n[nH]c3c1)C(=O)N2. The Kier molecular flexibility index (Phi) is 5.63. The second-order valence-electron chi connectivity index (χ2n) is 12.3. The minimum Gasteiger partial charge on any atom is -0.497 e. The number of nitrogens with one attached hydrogen (secondary N) is 2. The molecule has 3 aromatic carbocycles. The Hall–Kier alpha value is -3.94. The Labute approximate surface area is 239 Å². The average molecular weight is 547 g/mol. The lowest BCUT2D eigenvalue weighted by molar-refractivity contribution is -0.118. The van der Waals surface area contributed by atoms with Crippen molar-refractivity contribution in [3.05, 3.63) is 88.6 Å². The van der Waals surface area contributed by atoms with Crippen LogP contribution in [-0.4, -0.2) is 54.4 Å². The molecule has 1 amide bonds. The maximum atomic E-state index is 13.1. The van der Waals surface area contributed by atoms with E-state index in [-0.39, 0.29) is 11.8 Å². The van der Waals surface area contributed by atoms with Crippen LogP contribution in [0.15, 0.2) is 60.7 Å². The van der Waals surface area contributed by atoms with Crippen molar-refractivity contribution in [2.45, 2.75) is 37.1 Å². The van der Waals surface area contributed by atoms with Crippen molar-refractivity contribution in [2.24, 2.45) is 5.41 Å². The first-order chi connectivity index (χ1) is 20.0. The van der Waals surface area contributed by atoms with Gasteiger partial charge in [-0.25, -0.2) is 0 Å². The standard InChI is InChI=1S/C34H34N4O3/c1-40-25-8-11-30-27(17-25)34(32(39)35-30)18-28(34)24-7-9-26-29(36-37-31(26)16-24)10-6-22-2-4-23(5-3-22)19-38-20-33(21-38)12-14-41-15-13-33/h2-11,16-17,28H,12-15,18-21H2,1H3,(H,35,39)(H,36,37)/b10-6+. The van der Waals surface area contributed by atoms with Crippen molar-refractivity contribution in [3.8, 4) is 5.75 Å². The number of carbonyl (C=O) groups excluding carboxylic acids is 1. The van der Waals surface area contributed by atoms with Crippen LogP contribution in [-0.2, 0) is 21.5 Å². The van der Waals surface area contributed by atoms with Crippen LogP contribution in [0.2, 0.25) is 0 Å². The van der Waals surface area contributed by atoms with E-state index in [1.807, 2.05) is 18.2 Å². The largest absolute Gasteiger partial charge is 0.497 e. The third-order valence-corrected chi connectivity index (χ3v) is 9.83. The predicted molar refractivity (Wildman–Crippen MR) is 160 cm³/mol. The zero-order valence-electron chi connectivity index (χ0n) is 23.3. The zero-order valence-corrected chi connectivity index (χ0v) is 23.3. The van der Waals surface area contributed by atoms with Gasteiger partial charge in [-0.05, 0) is 71.9 Å². The number of methoxy groups -OCH3 is 1. The van der Waals surface area contributed by atoms with Gasteiger partial charge in [0, 0.05) is 55.3 Å². The number of hydrogen-bond acceptors (Lipinski definition) is 5. The summed E-state index contributed by atoms with van der Waals surface area (Å²) in [6, 6.07) is 21.1. The number of carbonyl (C=O) groups is 1. The summed E-state index contributed by atoms with van der Waals surface area (Å²) in [5.74, 6) is 0.998. The number of aromatic amines is 1. The Morgan fingerprint density at radius 2 is 1.88 bits per heavy atom. The van der Waals surface area contributed by atoms with Crippen molar-refractivity contribution < 1.29 is 14.3 Å². The predicted octanol–water partition coefficient (Wildman–Crippen LogP) is 5.73. The molecule has 2 atom stereocenters. The fraction of sp³-hybridized carbons (Fsp3) is 0.353. The van der Waals surface area contributed by atoms with Gasteiger partial charge >= 0.3 is 0 Å². The summed E-state index contributed by atoms with van der Waals surface area (Å²) in [4.78, 5) is 15.6. The fourth-order valence-corrected chi connectivity index (χ4v) is 7.40. The van der Waals surface area contributed by atoms with E-state index in [0.717, 1.165) is 70.9 Å². The lowest BCUT2D eigenvalue weighted by Crippen LogP contribution is -2.57. The highest BCUT2D eigenvalue weighted by atomic mass is 16.5. The molecule has 1 aliphatic carbocycles. The summed E-state index contributed by atoms with van der Waals surface area (Å²) in [7, 11) is 1.66. The van der Waals surface area contributed by atoms with Crippen LogP contribution in [0.5, 0.6) is 5.75 Å². The highest BCUT2D eigenvalue weighted by molar-refractivity contribution is 6.10. The van der Waals surface area contributed by atoms with E-state index in [1.54, 1.807) is 7.11 Å². The van der Waals surface area contributed by atoms with E-state index in [1.165, 1.54) is 31.5 Å². The van der Waals surface area contributed by atoms with Gasteiger partial charge < -0.3 is 14.8 Å². The third-order valence-electron chi connectivity index (χ3n) is 9.83. The number of aromatic nitrogens is 2. The van der Waals surface area contributed by atoms with Crippen LogP contribution in [0, 0.1) is 5.41 Å². The Balaban J connectivity index is 0.948.